The van der Waals surface area contributed by atoms with Crippen LogP contribution in [0.5, 0.6) is 23.0 Å². The topological polar surface area (TPSA) is 76.0 Å². The molecule has 0 radical (unpaired) electrons. The number of ether oxygens (including phenoxy) is 2. The normalized spacial score (nSPS) is 10.9. The smallest absolute Gasteiger partial charge is 0.189 e. The van der Waals surface area contributed by atoms with Gasteiger partial charge in [-0.2, -0.15) is 0 Å². The monoisotopic (exact) mass is 444 g/mol. The molecule has 0 heterocycles. The molecule has 0 unspecified atom stereocenters. The summed E-state index contributed by atoms with van der Waals surface area (Å²) in [6.07, 6.45) is 2.96. The number of halogens is 2. The minimum absolute atomic E-state index is 0.0958. The van der Waals surface area contributed by atoms with E-state index in [1.165, 1.54) is 18.2 Å². The summed E-state index contributed by atoms with van der Waals surface area (Å²) in [6.45, 7) is 0.193. The Bertz CT molecular complexity index is 1110. The van der Waals surface area contributed by atoms with Gasteiger partial charge in [0.2, 0.25) is 0 Å². The number of phenolic OH excluding ortho intramolecular Hbond substituents is 2. The highest BCUT2D eigenvalue weighted by atomic mass is 35.5. The van der Waals surface area contributed by atoms with Crippen LogP contribution in [0.3, 0.4) is 0 Å². The van der Waals surface area contributed by atoms with Gasteiger partial charge >= 0.3 is 0 Å². The number of carbonyl (C=O) groups excluding carboxylic acids is 1. The SMILES string of the molecule is COc1ccc(/C=C/C(=O)c2ccc(O)cc2O)cc1COc1ccc(Cl)cc1Cl. The van der Waals surface area contributed by atoms with Crippen molar-refractivity contribution in [3.63, 3.8) is 0 Å². The van der Waals surface area contributed by atoms with Crippen LogP contribution < -0.4 is 9.47 Å². The van der Waals surface area contributed by atoms with Crippen molar-refractivity contribution in [3.05, 3.63) is 87.4 Å². The number of methoxy groups -OCH3 is 1. The van der Waals surface area contributed by atoms with Crippen molar-refractivity contribution in [2.75, 3.05) is 7.11 Å². The molecule has 3 rings (SSSR count). The van der Waals surface area contributed by atoms with Crippen LogP contribution in [0.4, 0.5) is 0 Å². The Morgan fingerprint density at radius 2 is 1.77 bits per heavy atom. The molecule has 0 atom stereocenters. The van der Waals surface area contributed by atoms with Crippen LogP contribution >= 0.6 is 23.2 Å². The highest BCUT2D eigenvalue weighted by molar-refractivity contribution is 6.35. The first-order chi connectivity index (χ1) is 14.4. The van der Waals surface area contributed by atoms with Crippen molar-refractivity contribution >= 4 is 35.1 Å². The van der Waals surface area contributed by atoms with Gasteiger partial charge in [0.25, 0.3) is 0 Å². The summed E-state index contributed by atoms with van der Waals surface area (Å²) in [5.74, 6) is 0.317. The van der Waals surface area contributed by atoms with E-state index in [0.717, 1.165) is 17.2 Å². The molecule has 0 spiro atoms. The number of allylic oxidation sites excluding steroid dienone is 1. The Kier molecular flexibility index (Phi) is 6.87. The number of ketones is 1. The summed E-state index contributed by atoms with van der Waals surface area (Å²) < 4.78 is 11.2. The molecule has 3 aromatic carbocycles. The Morgan fingerprint density at radius 3 is 2.47 bits per heavy atom. The van der Waals surface area contributed by atoms with E-state index in [9.17, 15) is 15.0 Å². The van der Waals surface area contributed by atoms with Gasteiger partial charge < -0.3 is 19.7 Å². The van der Waals surface area contributed by atoms with Crippen LogP contribution in [0.2, 0.25) is 10.0 Å². The molecule has 0 aliphatic rings. The third-order valence-corrected chi connectivity index (χ3v) is 4.79. The first-order valence-corrected chi connectivity index (χ1v) is 9.62. The average Bonchev–Trinajstić information content (AvgIpc) is 2.71. The molecule has 154 valence electrons. The van der Waals surface area contributed by atoms with E-state index >= 15 is 0 Å². The van der Waals surface area contributed by atoms with Crippen molar-refractivity contribution in [2.45, 2.75) is 6.61 Å². The van der Waals surface area contributed by atoms with Crippen LogP contribution in [0.1, 0.15) is 21.5 Å². The van der Waals surface area contributed by atoms with E-state index in [1.807, 2.05) is 6.07 Å². The summed E-state index contributed by atoms with van der Waals surface area (Å²) in [6, 6.07) is 14.2. The third-order valence-electron chi connectivity index (χ3n) is 4.26. The number of hydrogen-bond donors (Lipinski definition) is 2. The van der Waals surface area contributed by atoms with E-state index in [2.05, 4.69) is 0 Å². The summed E-state index contributed by atoms with van der Waals surface area (Å²) in [7, 11) is 1.56. The van der Waals surface area contributed by atoms with Crippen molar-refractivity contribution in [2.24, 2.45) is 0 Å². The van der Waals surface area contributed by atoms with E-state index < -0.39 is 5.78 Å². The Morgan fingerprint density at radius 1 is 1.00 bits per heavy atom. The number of hydrogen-bond acceptors (Lipinski definition) is 5. The van der Waals surface area contributed by atoms with Gasteiger partial charge in [-0.3, -0.25) is 4.79 Å². The molecule has 0 aliphatic carbocycles. The zero-order valence-electron chi connectivity index (χ0n) is 15.9. The Labute approximate surface area is 183 Å². The minimum Gasteiger partial charge on any atom is -0.508 e. The largest absolute Gasteiger partial charge is 0.508 e. The molecule has 0 saturated carbocycles. The Balaban J connectivity index is 1.78. The van der Waals surface area contributed by atoms with Gasteiger partial charge in [-0.15, -0.1) is 0 Å². The molecule has 0 bridgehead atoms. The molecular weight excluding hydrogens is 427 g/mol. The van der Waals surface area contributed by atoms with Crippen LogP contribution in [0.25, 0.3) is 6.08 Å². The number of aromatic hydroxyl groups is 2. The van der Waals surface area contributed by atoms with Crippen molar-refractivity contribution in [1.82, 2.24) is 0 Å². The third kappa shape index (κ3) is 5.26. The second-order valence-electron chi connectivity index (χ2n) is 6.33. The van der Waals surface area contributed by atoms with Crippen molar-refractivity contribution < 1.29 is 24.5 Å². The molecular formula is C23H18Cl2O5. The van der Waals surface area contributed by atoms with Gasteiger partial charge in [-0.25, -0.2) is 0 Å². The minimum atomic E-state index is -0.394. The number of phenols is 2. The second-order valence-corrected chi connectivity index (χ2v) is 7.18. The summed E-state index contributed by atoms with van der Waals surface area (Å²) in [4.78, 5) is 12.3. The maximum atomic E-state index is 12.3. The number of benzene rings is 3. The fraction of sp³-hybridized carbons (Fsp3) is 0.0870. The quantitative estimate of drug-likeness (QED) is 0.351. The zero-order valence-corrected chi connectivity index (χ0v) is 17.4. The fourth-order valence-corrected chi connectivity index (χ4v) is 3.22. The fourth-order valence-electron chi connectivity index (χ4n) is 2.75. The molecule has 3 aromatic rings. The maximum absolute atomic E-state index is 12.3. The summed E-state index contributed by atoms with van der Waals surface area (Å²) >= 11 is 12.0. The van der Waals surface area contributed by atoms with Crippen LogP contribution in [-0.4, -0.2) is 23.1 Å². The van der Waals surface area contributed by atoms with E-state index in [-0.39, 0.29) is 23.7 Å². The molecule has 30 heavy (non-hydrogen) atoms. The average molecular weight is 445 g/mol. The molecule has 0 aromatic heterocycles. The molecule has 0 fully saturated rings. The van der Waals surface area contributed by atoms with E-state index in [4.69, 9.17) is 32.7 Å². The van der Waals surface area contributed by atoms with Gasteiger partial charge in [-0.1, -0.05) is 35.3 Å². The van der Waals surface area contributed by atoms with Gasteiger partial charge in [0.05, 0.1) is 17.7 Å². The molecule has 5 nitrogen and oxygen atoms in total. The lowest BCUT2D eigenvalue weighted by molar-refractivity contribution is 0.104. The van der Waals surface area contributed by atoms with E-state index in [1.54, 1.807) is 43.5 Å². The predicted molar refractivity (Wildman–Crippen MR) is 117 cm³/mol. The van der Waals surface area contributed by atoms with Gasteiger partial charge in [0.15, 0.2) is 5.78 Å². The molecule has 0 saturated heterocycles. The Hall–Kier alpha value is -3.15. The first kappa shape index (κ1) is 21.6. The van der Waals surface area contributed by atoms with E-state index in [0.29, 0.717) is 21.5 Å². The van der Waals surface area contributed by atoms with Crippen LogP contribution in [0, 0.1) is 0 Å². The highest BCUT2D eigenvalue weighted by Gasteiger charge is 2.10. The summed E-state index contributed by atoms with van der Waals surface area (Å²) in [5, 5.41) is 20.1. The lowest BCUT2D eigenvalue weighted by atomic mass is 10.1. The molecule has 0 amide bonds. The molecule has 2 N–H and O–H groups in total. The predicted octanol–water partition coefficient (Wildman–Crippen LogP) is 5.89. The van der Waals surface area contributed by atoms with Gasteiger partial charge in [-0.05, 0) is 54.1 Å². The van der Waals surface area contributed by atoms with Crippen molar-refractivity contribution in [3.8, 4) is 23.0 Å². The first-order valence-electron chi connectivity index (χ1n) is 8.86. The summed E-state index contributed by atoms with van der Waals surface area (Å²) in [5.41, 5.74) is 1.59. The highest BCUT2D eigenvalue weighted by Crippen LogP contribution is 2.30. The van der Waals surface area contributed by atoms with Gasteiger partial charge in [0, 0.05) is 16.7 Å². The van der Waals surface area contributed by atoms with Crippen LogP contribution in [0.15, 0.2) is 60.7 Å². The number of rotatable bonds is 7. The molecule has 7 heteroatoms. The lowest BCUT2D eigenvalue weighted by Crippen LogP contribution is -2.00. The maximum Gasteiger partial charge on any atom is 0.189 e. The standard InChI is InChI=1S/C23H18Cl2O5/c1-29-22-8-3-14(2-7-20(27)18-6-5-17(26)12-21(18)28)10-15(22)13-30-23-9-4-16(24)11-19(23)25/h2-12,26,28H,13H2,1H3/b7-2+. The van der Waals surface area contributed by atoms with Gasteiger partial charge in [0.1, 0.15) is 29.6 Å². The zero-order chi connectivity index (χ0) is 21.7. The number of carbonyl (C=O) groups is 1. The lowest BCUT2D eigenvalue weighted by Gasteiger charge is -2.12. The van der Waals surface area contributed by atoms with Crippen molar-refractivity contribution in [1.29, 1.82) is 0 Å². The second kappa shape index (κ2) is 9.57. The van der Waals surface area contributed by atoms with Crippen LogP contribution in [-0.2, 0) is 6.61 Å². The molecule has 0 aliphatic heterocycles.